The summed E-state index contributed by atoms with van der Waals surface area (Å²) in [6.45, 7) is 3.49. The summed E-state index contributed by atoms with van der Waals surface area (Å²) in [5.74, 6) is 1.57. The topological polar surface area (TPSA) is 87.9 Å². The second-order valence-electron chi connectivity index (χ2n) is 6.65. The molecule has 1 amide bonds. The summed E-state index contributed by atoms with van der Waals surface area (Å²) in [7, 11) is 0. The van der Waals surface area contributed by atoms with Gasteiger partial charge in [0.2, 0.25) is 0 Å². The zero-order chi connectivity index (χ0) is 17.4. The zero-order valence-electron chi connectivity index (χ0n) is 14.2. The average Bonchev–Trinajstić information content (AvgIpc) is 3.07. The van der Waals surface area contributed by atoms with Crippen LogP contribution >= 0.6 is 0 Å². The number of nitrogens with zero attached hydrogens (tertiary/aromatic N) is 3. The Labute approximate surface area is 146 Å². The van der Waals surface area contributed by atoms with Crippen LogP contribution in [0, 0.1) is 6.92 Å². The van der Waals surface area contributed by atoms with E-state index in [1.165, 1.54) is 0 Å². The number of hydrogen-bond acceptors (Lipinski definition) is 4. The first-order chi connectivity index (χ1) is 12.1. The standard InChI is InChI=1S/C19H21N5O/c1-12-4-2-6-15-17(12)23-18(22-15)14-5-3-9-24(11-14)19(25)13-7-8-21-16(20)10-13/h2,4,6-8,10,14H,3,5,9,11H2,1H3,(H2,20,21)(H,22,23)/t14-/m1/s1. The number of likely N-dealkylation sites (tertiary alicyclic amines) is 1. The van der Waals surface area contributed by atoms with E-state index in [1.54, 1.807) is 18.3 Å². The number of aromatic nitrogens is 3. The number of aryl methyl sites for hydroxylation is 1. The number of H-pyrrole nitrogens is 1. The summed E-state index contributed by atoms with van der Waals surface area (Å²) < 4.78 is 0. The number of aromatic amines is 1. The fourth-order valence-corrected chi connectivity index (χ4v) is 3.54. The highest BCUT2D eigenvalue weighted by atomic mass is 16.2. The van der Waals surface area contributed by atoms with Gasteiger partial charge in [0.1, 0.15) is 11.6 Å². The molecule has 6 heteroatoms. The quantitative estimate of drug-likeness (QED) is 0.754. The van der Waals surface area contributed by atoms with Crippen molar-refractivity contribution in [1.29, 1.82) is 0 Å². The molecule has 1 aliphatic rings. The van der Waals surface area contributed by atoms with Gasteiger partial charge >= 0.3 is 0 Å². The van der Waals surface area contributed by atoms with Gasteiger partial charge in [0.05, 0.1) is 11.0 Å². The number of para-hydroxylation sites is 1. The number of piperidine rings is 1. The number of imidazole rings is 1. The van der Waals surface area contributed by atoms with Crippen molar-refractivity contribution in [2.24, 2.45) is 0 Å². The molecule has 1 fully saturated rings. The van der Waals surface area contributed by atoms with E-state index in [4.69, 9.17) is 10.7 Å². The lowest BCUT2D eigenvalue weighted by molar-refractivity contribution is 0.0705. The van der Waals surface area contributed by atoms with Crippen molar-refractivity contribution in [3.8, 4) is 0 Å². The summed E-state index contributed by atoms with van der Waals surface area (Å²) >= 11 is 0. The van der Waals surface area contributed by atoms with Gasteiger partial charge in [0.25, 0.3) is 5.91 Å². The molecule has 128 valence electrons. The van der Waals surface area contributed by atoms with Crippen LogP contribution in [-0.2, 0) is 0 Å². The molecule has 1 saturated heterocycles. The van der Waals surface area contributed by atoms with Gasteiger partial charge in [-0.3, -0.25) is 4.79 Å². The van der Waals surface area contributed by atoms with Crippen molar-refractivity contribution in [2.45, 2.75) is 25.7 Å². The van der Waals surface area contributed by atoms with Crippen LogP contribution in [-0.4, -0.2) is 38.8 Å². The lowest BCUT2D eigenvalue weighted by Crippen LogP contribution is -2.39. The van der Waals surface area contributed by atoms with Gasteiger partial charge in [-0.25, -0.2) is 9.97 Å². The number of hydrogen-bond donors (Lipinski definition) is 2. The average molecular weight is 335 g/mol. The van der Waals surface area contributed by atoms with Gasteiger partial charge in [-0.15, -0.1) is 0 Å². The van der Waals surface area contributed by atoms with Crippen molar-refractivity contribution in [2.75, 3.05) is 18.8 Å². The molecule has 2 aromatic heterocycles. The molecule has 1 aliphatic heterocycles. The molecule has 1 aromatic carbocycles. The molecule has 0 unspecified atom stereocenters. The summed E-state index contributed by atoms with van der Waals surface area (Å²) in [4.78, 5) is 26.8. The number of nitrogens with two attached hydrogens (primary N) is 1. The van der Waals surface area contributed by atoms with Crippen molar-refractivity contribution in [1.82, 2.24) is 19.9 Å². The highest BCUT2D eigenvalue weighted by Gasteiger charge is 2.27. The molecule has 3 aromatic rings. The second kappa shape index (κ2) is 6.20. The molecule has 4 rings (SSSR count). The fourth-order valence-electron chi connectivity index (χ4n) is 3.54. The third-order valence-corrected chi connectivity index (χ3v) is 4.86. The minimum absolute atomic E-state index is 0.00564. The van der Waals surface area contributed by atoms with Crippen LogP contribution in [0.25, 0.3) is 11.0 Å². The Kier molecular flexibility index (Phi) is 3.87. The lowest BCUT2D eigenvalue weighted by Gasteiger charge is -2.32. The van der Waals surface area contributed by atoms with Crippen LogP contribution in [0.5, 0.6) is 0 Å². The molecular weight excluding hydrogens is 314 g/mol. The van der Waals surface area contributed by atoms with Crippen LogP contribution < -0.4 is 5.73 Å². The number of pyridine rings is 1. The van der Waals surface area contributed by atoms with Crippen LogP contribution in [0.15, 0.2) is 36.5 Å². The van der Waals surface area contributed by atoms with E-state index in [0.717, 1.165) is 41.8 Å². The van der Waals surface area contributed by atoms with Crippen molar-refractivity contribution in [3.05, 3.63) is 53.5 Å². The normalized spacial score (nSPS) is 17.8. The summed E-state index contributed by atoms with van der Waals surface area (Å²) in [5, 5.41) is 0. The number of carbonyl (C=O) groups excluding carboxylic acids is 1. The van der Waals surface area contributed by atoms with Gasteiger partial charge in [0.15, 0.2) is 0 Å². The van der Waals surface area contributed by atoms with Crippen LogP contribution in [0.3, 0.4) is 0 Å². The molecule has 1 atom stereocenters. The Bertz CT molecular complexity index is 932. The third kappa shape index (κ3) is 2.95. The SMILES string of the molecule is Cc1cccc2[nH]c([C@@H]3CCCN(C(=O)c4ccnc(N)c4)C3)nc12. The second-order valence-corrected chi connectivity index (χ2v) is 6.65. The summed E-state index contributed by atoms with van der Waals surface area (Å²) in [5.41, 5.74) is 9.53. The van der Waals surface area contributed by atoms with Crippen LogP contribution in [0.4, 0.5) is 5.82 Å². The molecule has 0 saturated carbocycles. The number of nitrogen functional groups attached to an aromatic ring is 1. The van der Waals surface area contributed by atoms with Gasteiger partial charge in [0, 0.05) is 30.8 Å². The Hall–Kier alpha value is -2.89. The molecular formula is C19H21N5O. The highest BCUT2D eigenvalue weighted by Crippen LogP contribution is 2.28. The number of rotatable bonds is 2. The van der Waals surface area contributed by atoms with Gasteiger partial charge in [-0.1, -0.05) is 12.1 Å². The van der Waals surface area contributed by atoms with E-state index >= 15 is 0 Å². The largest absolute Gasteiger partial charge is 0.384 e. The molecule has 0 spiro atoms. The number of anilines is 1. The van der Waals surface area contributed by atoms with Gasteiger partial charge in [-0.2, -0.15) is 0 Å². The molecule has 0 aliphatic carbocycles. The Morgan fingerprint density at radius 3 is 3.04 bits per heavy atom. The third-order valence-electron chi connectivity index (χ3n) is 4.86. The Morgan fingerprint density at radius 2 is 2.24 bits per heavy atom. The van der Waals surface area contributed by atoms with Gasteiger partial charge in [-0.05, 0) is 43.5 Å². The maximum absolute atomic E-state index is 12.8. The van der Waals surface area contributed by atoms with E-state index in [0.29, 0.717) is 17.9 Å². The zero-order valence-corrected chi connectivity index (χ0v) is 14.2. The molecule has 0 radical (unpaired) electrons. The number of benzene rings is 1. The van der Waals surface area contributed by atoms with Crippen LogP contribution in [0.1, 0.15) is 40.5 Å². The smallest absolute Gasteiger partial charge is 0.254 e. The predicted octanol–water partition coefficient (Wildman–Crippen LogP) is 2.87. The molecule has 3 N–H and O–H groups in total. The fraction of sp³-hybridized carbons (Fsp3) is 0.316. The predicted molar refractivity (Wildman–Crippen MR) is 97.4 cm³/mol. The van der Waals surface area contributed by atoms with E-state index in [-0.39, 0.29) is 11.8 Å². The molecule has 25 heavy (non-hydrogen) atoms. The Balaban J connectivity index is 1.58. The lowest BCUT2D eigenvalue weighted by atomic mass is 9.97. The first-order valence-corrected chi connectivity index (χ1v) is 8.58. The van der Waals surface area contributed by atoms with Crippen molar-refractivity contribution < 1.29 is 4.79 Å². The van der Waals surface area contributed by atoms with Crippen LogP contribution in [0.2, 0.25) is 0 Å². The number of amides is 1. The first kappa shape index (κ1) is 15.6. The van der Waals surface area contributed by atoms with Gasteiger partial charge < -0.3 is 15.6 Å². The monoisotopic (exact) mass is 335 g/mol. The van der Waals surface area contributed by atoms with E-state index in [1.807, 2.05) is 17.0 Å². The number of fused-ring (bicyclic) bond motifs is 1. The van der Waals surface area contributed by atoms with E-state index in [9.17, 15) is 4.79 Å². The Morgan fingerprint density at radius 1 is 1.36 bits per heavy atom. The highest BCUT2D eigenvalue weighted by molar-refractivity contribution is 5.94. The maximum Gasteiger partial charge on any atom is 0.254 e. The molecule has 0 bridgehead atoms. The molecule has 6 nitrogen and oxygen atoms in total. The molecule has 3 heterocycles. The first-order valence-electron chi connectivity index (χ1n) is 8.58. The summed E-state index contributed by atoms with van der Waals surface area (Å²) in [6.07, 6.45) is 3.57. The number of carbonyl (C=O) groups is 1. The van der Waals surface area contributed by atoms with E-state index < -0.39 is 0 Å². The number of nitrogens with one attached hydrogen (secondary N) is 1. The van der Waals surface area contributed by atoms with Crippen molar-refractivity contribution in [3.63, 3.8) is 0 Å². The maximum atomic E-state index is 12.8. The van der Waals surface area contributed by atoms with E-state index in [2.05, 4.69) is 23.0 Å². The minimum Gasteiger partial charge on any atom is -0.384 e. The van der Waals surface area contributed by atoms with Crippen molar-refractivity contribution >= 4 is 22.8 Å². The summed E-state index contributed by atoms with van der Waals surface area (Å²) in [6, 6.07) is 9.50. The minimum atomic E-state index is 0.00564.